The monoisotopic (exact) mass is 489 g/mol. The molecule has 2 amide bonds. The number of halogens is 3. The number of piperidine rings is 1. The number of hydrogen-bond donors (Lipinski definition) is 2. The number of carbonyl (C=O) groups excluding carboxylic acids is 2. The fourth-order valence-corrected chi connectivity index (χ4v) is 6.48. The van der Waals surface area contributed by atoms with Crippen LogP contribution in [0.3, 0.4) is 0 Å². The van der Waals surface area contributed by atoms with Gasteiger partial charge in [0.15, 0.2) is 0 Å². The number of rotatable bonds is 3. The first-order chi connectivity index (χ1) is 15.4. The van der Waals surface area contributed by atoms with Gasteiger partial charge < -0.3 is 15.3 Å². The van der Waals surface area contributed by atoms with Gasteiger partial charge in [-0.3, -0.25) is 14.5 Å². The number of hydrogen-bond acceptors (Lipinski definition) is 5. The molecule has 1 aromatic rings. The fraction of sp³-hybridized carbons (Fsp3) is 0.682. The summed E-state index contributed by atoms with van der Waals surface area (Å²) >= 11 is 1.76. The van der Waals surface area contributed by atoms with Crippen molar-refractivity contribution < 1.29 is 32.7 Å². The largest absolute Gasteiger partial charge is 0.490 e. The van der Waals surface area contributed by atoms with Crippen LogP contribution in [0.4, 0.5) is 13.2 Å². The second-order valence-corrected chi connectivity index (χ2v) is 10.0. The van der Waals surface area contributed by atoms with Crippen LogP contribution in [0.5, 0.6) is 0 Å². The number of carboxylic acid groups (broad SMARTS) is 1. The minimum atomic E-state index is -5.08. The molecule has 1 saturated carbocycles. The summed E-state index contributed by atoms with van der Waals surface area (Å²) in [5, 5.41) is 14.4. The molecule has 2 N–H and O–H groups in total. The predicted molar refractivity (Wildman–Crippen MR) is 116 cm³/mol. The van der Waals surface area contributed by atoms with E-state index in [9.17, 15) is 22.8 Å². The molecule has 3 fully saturated rings. The van der Waals surface area contributed by atoms with Crippen molar-refractivity contribution in [3.8, 4) is 0 Å². The van der Waals surface area contributed by atoms with Crippen LogP contribution in [-0.2, 0) is 20.9 Å². The second kappa shape index (κ2) is 9.61. The van der Waals surface area contributed by atoms with Gasteiger partial charge >= 0.3 is 12.1 Å². The van der Waals surface area contributed by atoms with E-state index in [-0.39, 0.29) is 22.6 Å². The van der Waals surface area contributed by atoms with Crippen molar-refractivity contribution in [2.75, 3.05) is 33.2 Å². The maximum Gasteiger partial charge on any atom is 0.490 e. The maximum absolute atomic E-state index is 12.8. The Balaban J connectivity index is 0.000000383. The smallest absolute Gasteiger partial charge is 0.475 e. The highest BCUT2D eigenvalue weighted by Gasteiger charge is 2.64. The molecule has 3 aliphatic rings. The average Bonchev–Trinajstić information content (AvgIpc) is 3.46. The van der Waals surface area contributed by atoms with E-state index in [1.807, 2.05) is 4.90 Å². The third-order valence-corrected chi connectivity index (χ3v) is 8.29. The van der Waals surface area contributed by atoms with E-state index in [0.29, 0.717) is 12.5 Å². The van der Waals surface area contributed by atoms with Gasteiger partial charge in [0, 0.05) is 33.6 Å². The third-order valence-electron chi connectivity index (χ3n) is 7.56. The van der Waals surface area contributed by atoms with Crippen molar-refractivity contribution in [2.45, 2.75) is 45.3 Å². The van der Waals surface area contributed by atoms with Gasteiger partial charge in [0.2, 0.25) is 11.8 Å². The molecule has 4 rings (SSSR count). The van der Waals surface area contributed by atoms with Crippen LogP contribution in [-0.4, -0.2) is 72.1 Å². The van der Waals surface area contributed by atoms with Gasteiger partial charge in [-0.1, -0.05) is 0 Å². The van der Waals surface area contributed by atoms with Crippen molar-refractivity contribution >= 4 is 29.1 Å². The molecular weight excluding hydrogens is 459 g/mol. The number of nitrogens with zero attached hydrogens (tertiary/aromatic N) is 2. The summed E-state index contributed by atoms with van der Waals surface area (Å²) < 4.78 is 31.7. The summed E-state index contributed by atoms with van der Waals surface area (Å²) in [6.07, 6.45) is -0.743. The van der Waals surface area contributed by atoms with Crippen LogP contribution in [0.15, 0.2) is 16.8 Å². The summed E-state index contributed by atoms with van der Waals surface area (Å²) in [5.41, 5.74) is 1.26. The van der Waals surface area contributed by atoms with E-state index in [1.54, 1.807) is 25.3 Å². The van der Waals surface area contributed by atoms with Crippen molar-refractivity contribution in [3.63, 3.8) is 0 Å². The number of alkyl halides is 3. The lowest BCUT2D eigenvalue weighted by Crippen LogP contribution is -2.48. The molecule has 1 aliphatic carbocycles. The van der Waals surface area contributed by atoms with Crippen LogP contribution in [0.2, 0.25) is 0 Å². The molecule has 0 aromatic carbocycles. The van der Waals surface area contributed by atoms with Crippen LogP contribution in [0.1, 0.15) is 38.2 Å². The molecular formula is C22H30F3N3O4S. The molecule has 2 atom stereocenters. The van der Waals surface area contributed by atoms with Gasteiger partial charge in [0.25, 0.3) is 0 Å². The number of carbonyl (C=O) groups is 3. The molecule has 0 radical (unpaired) electrons. The number of likely N-dealkylation sites (tertiary alicyclic amines) is 2. The van der Waals surface area contributed by atoms with Gasteiger partial charge in [-0.25, -0.2) is 4.79 Å². The Hall–Kier alpha value is -2.14. The first-order valence-corrected chi connectivity index (χ1v) is 11.9. The van der Waals surface area contributed by atoms with E-state index in [4.69, 9.17) is 9.90 Å². The Morgan fingerprint density at radius 1 is 1.21 bits per heavy atom. The van der Waals surface area contributed by atoms with Crippen molar-refractivity contribution in [2.24, 2.45) is 16.7 Å². The zero-order valence-corrected chi connectivity index (χ0v) is 19.6. The molecule has 2 aliphatic heterocycles. The first kappa shape index (κ1) is 25.5. The number of carboxylic acids is 1. The van der Waals surface area contributed by atoms with E-state index in [2.05, 4.69) is 27.0 Å². The standard InChI is InChI=1S/C20H29N3O2S.C2HF3O2/c1-15(24)23-12-17-19(4-5-20(17,14-23)18(25)21-2)6-8-22(9-7-19)11-16-3-10-26-13-16;3-2(4,5)1(6)7/h3,10,13,17H,4-9,11-12,14H2,1-2H3,(H,21,25);(H,6,7)/t17-,20+;/m0./s1. The van der Waals surface area contributed by atoms with Gasteiger partial charge in [-0.05, 0) is 72.5 Å². The molecule has 3 heterocycles. The highest BCUT2D eigenvalue weighted by molar-refractivity contribution is 7.07. The zero-order valence-electron chi connectivity index (χ0n) is 18.8. The second-order valence-electron chi connectivity index (χ2n) is 9.26. The minimum absolute atomic E-state index is 0.104. The number of nitrogens with one attached hydrogen (secondary N) is 1. The van der Waals surface area contributed by atoms with E-state index in [1.165, 1.54) is 5.56 Å². The normalized spacial score (nSPS) is 26.5. The predicted octanol–water partition coefficient (Wildman–Crippen LogP) is 2.97. The SMILES string of the molecule is CNC(=O)[C@@]12CCC3(CCN(Cc4ccsc4)CC3)[C@@H]1CN(C(C)=O)C2.O=C(O)C(F)(F)F. The van der Waals surface area contributed by atoms with Crippen LogP contribution in [0, 0.1) is 16.7 Å². The molecule has 33 heavy (non-hydrogen) atoms. The van der Waals surface area contributed by atoms with E-state index < -0.39 is 12.1 Å². The first-order valence-electron chi connectivity index (χ1n) is 10.9. The molecule has 1 aromatic heterocycles. The Bertz CT molecular complexity index is 869. The summed E-state index contributed by atoms with van der Waals surface area (Å²) in [6, 6.07) is 2.21. The van der Waals surface area contributed by atoms with Gasteiger partial charge in [0.05, 0.1) is 5.41 Å². The highest BCUT2D eigenvalue weighted by atomic mass is 32.1. The quantitative estimate of drug-likeness (QED) is 0.682. The lowest BCUT2D eigenvalue weighted by molar-refractivity contribution is -0.192. The van der Waals surface area contributed by atoms with Crippen LogP contribution >= 0.6 is 11.3 Å². The van der Waals surface area contributed by atoms with Crippen molar-refractivity contribution in [1.82, 2.24) is 15.1 Å². The molecule has 0 unspecified atom stereocenters. The molecule has 2 saturated heterocycles. The molecule has 11 heteroatoms. The minimum Gasteiger partial charge on any atom is -0.475 e. The number of amides is 2. The molecule has 7 nitrogen and oxygen atoms in total. The highest BCUT2D eigenvalue weighted by Crippen LogP contribution is 2.62. The summed E-state index contributed by atoms with van der Waals surface area (Å²) in [7, 11) is 1.74. The fourth-order valence-electron chi connectivity index (χ4n) is 5.82. The van der Waals surface area contributed by atoms with Gasteiger partial charge in [-0.2, -0.15) is 24.5 Å². The Kier molecular flexibility index (Phi) is 7.42. The summed E-state index contributed by atoms with van der Waals surface area (Å²) in [6.45, 7) is 6.21. The van der Waals surface area contributed by atoms with E-state index in [0.717, 1.165) is 51.9 Å². The number of thiophene rings is 1. The Morgan fingerprint density at radius 3 is 2.33 bits per heavy atom. The maximum atomic E-state index is 12.8. The number of fused-ring (bicyclic) bond motifs is 2. The lowest BCUT2D eigenvalue weighted by Gasteiger charge is -2.44. The molecule has 0 bridgehead atoms. The third kappa shape index (κ3) is 5.18. The molecule has 1 spiro atoms. The average molecular weight is 490 g/mol. The summed E-state index contributed by atoms with van der Waals surface area (Å²) in [4.78, 5) is 38.2. The van der Waals surface area contributed by atoms with E-state index >= 15 is 0 Å². The summed E-state index contributed by atoms with van der Waals surface area (Å²) in [5.74, 6) is -2.20. The topological polar surface area (TPSA) is 90.0 Å². The Morgan fingerprint density at radius 2 is 1.85 bits per heavy atom. The van der Waals surface area contributed by atoms with Crippen molar-refractivity contribution in [1.29, 1.82) is 0 Å². The van der Waals surface area contributed by atoms with Crippen LogP contribution in [0.25, 0.3) is 0 Å². The van der Waals surface area contributed by atoms with Gasteiger partial charge in [-0.15, -0.1) is 0 Å². The Labute approximate surface area is 194 Å². The van der Waals surface area contributed by atoms with Crippen LogP contribution < -0.4 is 5.32 Å². The molecule has 184 valence electrons. The lowest BCUT2D eigenvalue weighted by atomic mass is 9.65. The number of aliphatic carboxylic acids is 1. The van der Waals surface area contributed by atoms with Crippen molar-refractivity contribution in [3.05, 3.63) is 22.4 Å². The van der Waals surface area contributed by atoms with Gasteiger partial charge in [0.1, 0.15) is 0 Å². The zero-order chi connectivity index (χ0) is 24.4.